The second-order valence-electron chi connectivity index (χ2n) is 6.21. The van der Waals surface area contributed by atoms with Crippen molar-refractivity contribution in [2.45, 2.75) is 52.4 Å². The Morgan fingerprint density at radius 2 is 1.58 bits per heavy atom. The van der Waals surface area contributed by atoms with E-state index in [1.807, 2.05) is 18.2 Å². The molecule has 0 aliphatic carbocycles. The van der Waals surface area contributed by atoms with E-state index in [9.17, 15) is 0 Å². The summed E-state index contributed by atoms with van der Waals surface area (Å²) in [5.41, 5.74) is 1.25. The van der Waals surface area contributed by atoms with E-state index in [4.69, 9.17) is 9.47 Å². The maximum Gasteiger partial charge on any atom is 0.126 e. The van der Waals surface area contributed by atoms with Crippen LogP contribution in [0.2, 0.25) is 0 Å². The summed E-state index contributed by atoms with van der Waals surface area (Å²) in [7, 11) is 3.45. The molecule has 0 bridgehead atoms. The molecular formula is C17H28O2. The SMILES string of the molecule is COc1cccc(OC)c1C(C)(C)CCCC(C)C. The summed E-state index contributed by atoms with van der Waals surface area (Å²) in [4.78, 5) is 0. The largest absolute Gasteiger partial charge is 0.496 e. The van der Waals surface area contributed by atoms with Gasteiger partial charge in [0, 0.05) is 5.56 Å². The summed E-state index contributed by atoms with van der Waals surface area (Å²) in [6, 6.07) is 6.01. The van der Waals surface area contributed by atoms with E-state index in [1.54, 1.807) is 14.2 Å². The summed E-state index contributed by atoms with van der Waals surface area (Å²) in [5, 5.41) is 0. The molecule has 0 N–H and O–H groups in total. The van der Waals surface area contributed by atoms with Crippen molar-refractivity contribution in [1.82, 2.24) is 0 Å². The van der Waals surface area contributed by atoms with Crippen molar-refractivity contribution in [2.24, 2.45) is 5.92 Å². The minimum absolute atomic E-state index is 0.0623. The molecule has 1 rings (SSSR count). The summed E-state index contributed by atoms with van der Waals surface area (Å²) in [6.45, 7) is 9.09. The highest BCUT2D eigenvalue weighted by Gasteiger charge is 2.27. The fourth-order valence-corrected chi connectivity index (χ4v) is 2.60. The lowest BCUT2D eigenvalue weighted by Gasteiger charge is -2.29. The number of benzene rings is 1. The number of rotatable bonds is 7. The van der Waals surface area contributed by atoms with Gasteiger partial charge in [-0.1, -0.05) is 46.6 Å². The lowest BCUT2D eigenvalue weighted by atomic mass is 9.78. The number of hydrogen-bond donors (Lipinski definition) is 0. The molecule has 0 amide bonds. The summed E-state index contributed by atoms with van der Waals surface area (Å²) < 4.78 is 11.0. The zero-order valence-electron chi connectivity index (χ0n) is 13.2. The van der Waals surface area contributed by atoms with Gasteiger partial charge in [-0.25, -0.2) is 0 Å². The van der Waals surface area contributed by atoms with E-state index in [2.05, 4.69) is 27.7 Å². The molecule has 2 heteroatoms. The van der Waals surface area contributed by atoms with E-state index >= 15 is 0 Å². The number of methoxy groups -OCH3 is 2. The lowest BCUT2D eigenvalue weighted by molar-refractivity contribution is 0.346. The second kappa shape index (κ2) is 6.83. The number of ether oxygens (including phenoxy) is 2. The van der Waals surface area contributed by atoms with Crippen molar-refractivity contribution in [3.05, 3.63) is 23.8 Å². The van der Waals surface area contributed by atoms with E-state index in [0.717, 1.165) is 23.8 Å². The van der Waals surface area contributed by atoms with E-state index in [0.29, 0.717) is 0 Å². The maximum atomic E-state index is 5.52. The van der Waals surface area contributed by atoms with Crippen LogP contribution < -0.4 is 9.47 Å². The van der Waals surface area contributed by atoms with Crippen LogP contribution in [0.4, 0.5) is 0 Å². The first-order valence-electron chi connectivity index (χ1n) is 7.14. The summed E-state index contributed by atoms with van der Waals surface area (Å²) in [6.07, 6.45) is 3.63. The van der Waals surface area contributed by atoms with Gasteiger partial charge in [-0.15, -0.1) is 0 Å². The molecule has 1 aromatic rings. The van der Waals surface area contributed by atoms with Crippen LogP contribution in [0.3, 0.4) is 0 Å². The summed E-state index contributed by atoms with van der Waals surface area (Å²) >= 11 is 0. The highest BCUT2D eigenvalue weighted by molar-refractivity contribution is 5.49. The smallest absolute Gasteiger partial charge is 0.126 e. The highest BCUT2D eigenvalue weighted by atomic mass is 16.5. The van der Waals surface area contributed by atoms with Crippen LogP contribution >= 0.6 is 0 Å². The van der Waals surface area contributed by atoms with Gasteiger partial charge in [-0.05, 0) is 29.9 Å². The van der Waals surface area contributed by atoms with Crippen LogP contribution in [0.15, 0.2) is 18.2 Å². The van der Waals surface area contributed by atoms with Crippen LogP contribution in [0.5, 0.6) is 11.5 Å². The van der Waals surface area contributed by atoms with Gasteiger partial charge >= 0.3 is 0 Å². The molecule has 0 aliphatic heterocycles. The molecule has 0 spiro atoms. The molecule has 0 radical (unpaired) electrons. The Labute approximate surface area is 118 Å². The monoisotopic (exact) mass is 264 g/mol. The van der Waals surface area contributed by atoms with Gasteiger partial charge in [0.25, 0.3) is 0 Å². The molecule has 0 aromatic heterocycles. The van der Waals surface area contributed by atoms with Gasteiger partial charge in [0.2, 0.25) is 0 Å². The number of hydrogen-bond acceptors (Lipinski definition) is 2. The standard InChI is InChI=1S/C17H28O2/c1-13(2)9-8-12-17(3,4)16-14(18-5)10-7-11-15(16)19-6/h7,10-11,13H,8-9,12H2,1-6H3. The van der Waals surface area contributed by atoms with Gasteiger partial charge in [-0.3, -0.25) is 0 Å². The van der Waals surface area contributed by atoms with Crippen molar-refractivity contribution in [3.8, 4) is 11.5 Å². The Morgan fingerprint density at radius 1 is 1.05 bits per heavy atom. The molecule has 0 heterocycles. The van der Waals surface area contributed by atoms with Gasteiger partial charge in [0.15, 0.2) is 0 Å². The molecule has 19 heavy (non-hydrogen) atoms. The average Bonchev–Trinajstić information content (AvgIpc) is 2.36. The Bertz CT molecular complexity index is 372. The first kappa shape index (κ1) is 15.9. The third-order valence-electron chi connectivity index (χ3n) is 3.69. The van der Waals surface area contributed by atoms with Crippen LogP contribution in [0, 0.1) is 5.92 Å². The van der Waals surface area contributed by atoms with Gasteiger partial charge in [-0.2, -0.15) is 0 Å². The zero-order chi connectivity index (χ0) is 14.5. The molecule has 0 saturated heterocycles. The van der Waals surface area contributed by atoms with Crippen LogP contribution in [0.25, 0.3) is 0 Å². The molecule has 0 fully saturated rings. The first-order valence-corrected chi connectivity index (χ1v) is 7.14. The molecule has 0 aliphatic rings. The van der Waals surface area contributed by atoms with Crippen LogP contribution in [-0.2, 0) is 5.41 Å². The average molecular weight is 264 g/mol. The van der Waals surface area contributed by atoms with Crippen molar-refractivity contribution in [1.29, 1.82) is 0 Å². The van der Waals surface area contributed by atoms with E-state index in [-0.39, 0.29) is 5.41 Å². The third-order valence-corrected chi connectivity index (χ3v) is 3.69. The van der Waals surface area contributed by atoms with Crippen molar-refractivity contribution in [3.63, 3.8) is 0 Å². The fraction of sp³-hybridized carbons (Fsp3) is 0.647. The molecular weight excluding hydrogens is 236 g/mol. The molecule has 1 aromatic carbocycles. The topological polar surface area (TPSA) is 18.5 Å². The first-order chi connectivity index (χ1) is 8.92. The second-order valence-corrected chi connectivity index (χ2v) is 6.21. The fourth-order valence-electron chi connectivity index (χ4n) is 2.60. The van der Waals surface area contributed by atoms with Gasteiger partial charge < -0.3 is 9.47 Å². The molecule has 0 atom stereocenters. The van der Waals surface area contributed by atoms with Crippen LogP contribution in [0.1, 0.15) is 52.5 Å². The normalized spacial score (nSPS) is 11.7. The summed E-state index contributed by atoms with van der Waals surface area (Å²) in [5.74, 6) is 2.61. The minimum Gasteiger partial charge on any atom is -0.496 e. The maximum absolute atomic E-state index is 5.52. The Morgan fingerprint density at radius 3 is 2.00 bits per heavy atom. The van der Waals surface area contributed by atoms with Gasteiger partial charge in [0.1, 0.15) is 11.5 Å². The Kier molecular flexibility index (Phi) is 5.71. The molecule has 108 valence electrons. The predicted molar refractivity (Wildman–Crippen MR) is 81.3 cm³/mol. The minimum atomic E-state index is 0.0623. The van der Waals surface area contributed by atoms with Crippen molar-refractivity contribution < 1.29 is 9.47 Å². The Hall–Kier alpha value is -1.18. The molecule has 2 nitrogen and oxygen atoms in total. The van der Waals surface area contributed by atoms with Crippen LogP contribution in [-0.4, -0.2) is 14.2 Å². The quantitative estimate of drug-likeness (QED) is 0.703. The third kappa shape index (κ3) is 4.15. The van der Waals surface area contributed by atoms with E-state index in [1.165, 1.54) is 18.4 Å². The predicted octanol–water partition coefficient (Wildman–Crippen LogP) is 4.81. The zero-order valence-corrected chi connectivity index (χ0v) is 13.2. The Balaban J connectivity index is 2.98. The van der Waals surface area contributed by atoms with E-state index < -0.39 is 0 Å². The molecule has 0 unspecified atom stereocenters. The van der Waals surface area contributed by atoms with Crippen molar-refractivity contribution in [2.75, 3.05) is 14.2 Å². The highest BCUT2D eigenvalue weighted by Crippen LogP contribution is 2.41. The van der Waals surface area contributed by atoms with Gasteiger partial charge in [0.05, 0.1) is 14.2 Å². The molecule has 0 saturated carbocycles. The van der Waals surface area contributed by atoms with Crippen molar-refractivity contribution >= 4 is 0 Å². The lowest BCUT2D eigenvalue weighted by Crippen LogP contribution is -2.19.